The van der Waals surface area contributed by atoms with E-state index >= 15 is 0 Å². The van der Waals surface area contributed by atoms with Gasteiger partial charge in [0, 0.05) is 18.1 Å². The molecular formula is C13H16ClFN2O3. The third-order valence-corrected chi connectivity index (χ3v) is 2.99. The highest BCUT2D eigenvalue weighted by atomic mass is 35.5. The van der Waals surface area contributed by atoms with Gasteiger partial charge in [-0.25, -0.2) is 9.18 Å². The lowest BCUT2D eigenvalue weighted by Crippen LogP contribution is -2.39. The number of benzene rings is 1. The molecule has 7 heteroatoms. The van der Waals surface area contributed by atoms with Gasteiger partial charge in [-0.2, -0.15) is 0 Å². The Hall–Kier alpha value is -1.82. The number of urea groups is 1. The Morgan fingerprint density at radius 1 is 1.50 bits per heavy atom. The summed E-state index contributed by atoms with van der Waals surface area (Å²) >= 11 is 5.73. The van der Waals surface area contributed by atoms with Crippen molar-refractivity contribution in [2.75, 3.05) is 18.4 Å². The Bertz CT molecular complexity index is 510. The number of rotatable bonds is 5. The van der Waals surface area contributed by atoms with Gasteiger partial charge in [-0.3, -0.25) is 4.79 Å². The van der Waals surface area contributed by atoms with Crippen molar-refractivity contribution in [3.63, 3.8) is 0 Å². The van der Waals surface area contributed by atoms with Gasteiger partial charge < -0.3 is 15.3 Å². The smallest absolute Gasteiger partial charge is 0.321 e. The number of nitrogens with zero attached hydrogens (tertiary/aromatic N) is 1. The van der Waals surface area contributed by atoms with E-state index in [2.05, 4.69) is 5.32 Å². The number of hydrogen-bond donors (Lipinski definition) is 2. The summed E-state index contributed by atoms with van der Waals surface area (Å²) < 4.78 is 13.5. The Kier molecular flexibility index (Phi) is 5.76. The maximum Gasteiger partial charge on any atom is 0.321 e. The lowest BCUT2D eigenvalue weighted by atomic mass is 10.2. The van der Waals surface area contributed by atoms with Gasteiger partial charge in [0.05, 0.1) is 11.6 Å². The SMILES string of the molecule is CCN(CC(C)C(=O)O)C(=O)Nc1cc(Cl)ccc1F. The molecule has 20 heavy (non-hydrogen) atoms. The normalized spacial score (nSPS) is 11.8. The molecule has 110 valence electrons. The zero-order chi connectivity index (χ0) is 15.3. The van der Waals surface area contributed by atoms with E-state index in [1.165, 1.54) is 24.0 Å². The van der Waals surface area contributed by atoms with E-state index in [1.807, 2.05) is 0 Å². The number of halogens is 2. The molecular weight excluding hydrogens is 287 g/mol. The number of amides is 2. The summed E-state index contributed by atoms with van der Waals surface area (Å²) in [4.78, 5) is 24.1. The predicted molar refractivity (Wildman–Crippen MR) is 74.5 cm³/mol. The molecule has 0 aliphatic carbocycles. The molecule has 0 aromatic heterocycles. The Labute approximate surface area is 121 Å². The van der Waals surface area contributed by atoms with E-state index < -0.39 is 23.7 Å². The molecule has 0 radical (unpaired) electrons. The van der Waals surface area contributed by atoms with Gasteiger partial charge >= 0.3 is 12.0 Å². The molecule has 0 saturated heterocycles. The first-order valence-corrected chi connectivity index (χ1v) is 6.46. The summed E-state index contributed by atoms with van der Waals surface area (Å²) in [6.07, 6.45) is 0. The summed E-state index contributed by atoms with van der Waals surface area (Å²) in [6.45, 7) is 3.56. The summed E-state index contributed by atoms with van der Waals surface area (Å²) in [7, 11) is 0. The monoisotopic (exact) mass is 302 g/mol. The average Bonchev–Trinajstić information content (AvgIpc) is 2.39. The molecule has 0 heterocycles. The topological polar surface area (TPSA) is 69.6 Å². The van der Waals surface area contributed by atoms with Crippen molar-refractivity contribution in [3.05, 3.63) is 29.0 Å². The van der Waals surface area contributed by atoms with Crippen LogP contribution in [-0.2, 0) is 4.79 Å². The second kappa shape index (κ2) is 7.09. The first-order chi connectivity index (χ1) is 9.35. The maximum atomic E-state index is 13.5. The van der Waals surface area contributed by atoms with Crippen LogP contribution in [0.3, 0.4) is 0 Å². The van der Waals surface area contributed by atoms with Crippen LogP contribution >= 0.6 is 11.6 Å². The van der Waals surface area contributed by atoms with Crippen LogP contribution in [0.25, 0.3) is 0 Å². The predicted octanol–water partition coefficient (Wildman–Crippen LogP) is 3.05. The van der Waals surface area contributed by atoms with Crippen LogP contribution in [0.4, 0.5) is 14.9 Å². The molecule has 0 aliphatic rings. The van der Waals surface area contributed by atoms with Crippen molar-refractivity contribution in [1.29, 1.82) is 0 Å². The lowest BCUT2D eigenvalue weighted by molar-refractivity contribution is -0.141. The van der Waals surface area contributed by atoms with Crippen LogP contribution in [0.5, 0.6) is 0 Å². The molecule has 1 aromatic rings. The standard InChI is InChI=1S/C13H16ClFN2O3/c1-3-17(7-8(2)12(18)19)13(20)16-11-6-9(14)4-5-10(11)15/h4-6,8H,3,7H2,1-2H3,(H,16,20)(H,18,19). The molecule has 0 aliphatic heterocycles. The van der Waals surface area contributed by atoms with Gasteiger partial charge in [0.15, 0.2) is 0 Å². The minimum atomic E-state index is -0.995. The molecule has 5 nitrogen and oxygen atoms in total. The van der Waals surface area contributed by atoms with E-state index in [0.717, 1.165) is 6.07 Å². The molecule has 0 bridgehead atoms. The molecule has 0 spiro atoms. The summed E-state index contributed by atoms with van der Waals surface area (Å²) in [5.41, 5.74) is -0.0380. The number of anilines is 1. The molecule has 2 N–H and O–H groups in total. The number of aliphatic carboxylic acids is 1. The molecule has 1 unspecified atom stereocenters. The van der Waals surface area contributed by atoms with Crippen molar-refractivity contribution >= 4 is 29.3 Å². The fourth-order valence-corrected chi connectivity index (χ4v) is 1.72. The minimum absolute atomic E-state index is 0.0380. The van der Waals surface area contributed by atoms with E-state index in [1.54, 1.807) is 6.92 Å². The zero-order valence-corrected chi connectivity index (χ0v) is 11.9. The number of carbonyl (C=O) groups is 2. The van der Waals surface area contributed by atoms with Crippen molar-refractivity contribution in [2.45, 2.75) is 13.8 Å². The van der Waals surface area contributed by atoms with Crippen molar-refractivity contribution in [1.82, 2.24) is 4.90 Å². The average molecular weight is 303 g/mol. The molecule has 1 aromatic carbocycles. The Morgan fingerprint density at radius 2 is 2.15 bits per heavy atom. The first-order valence-electron chi connectivity index (χ1n) is 6.09. The van der Waals surface area contributed by atoms with Gasteiger partial charge in [0.25, 0.3) is 0 Å². The van der Waals surface area contributed by atoms with Crippen LogP contribution in [0, 0.1) is 11.7 Å². The van der Waals surface area contributed by atoms with Gasteiger partial charge in [-0.15, -0.1) is 0 Å². The van der Waals surface area contributed by atoms with E-state index in [-0.39, 0.29) is 12.2 Å². The van der Waals surface area contributed by atoms with Gasteiger partial charge in [0.2, 0.25) is 0 Å². The highest BCUT2D eigenvalue weighted by molar-refractivity contribution is 6.30. The van der Waals surface area contributed by atoms with Crippen LogP contribution in [0.15, 0.2) is 18.2 Å². The largest absolute Gasteiger partial charge is 0.481 e. The molecule has 1 rings (SSSR count). The van der Waals surface area contributed by atoms with Crippen molar-refractivity contribution in [2.24, 2.45) is 5.92 Å². The maximum absolute atomic E-state index is 13.5. The van der Waals surface area contributed by atoms with E-state index in [9.17, 15) is 14.0 Å². The summed E-state index contributed by atoms with van der Waals surface area (Å²) in [6, 6.07) is 3.25. The third-order valence-electron chi connectivity index (χ3n) is 2.75. The van der Waals surface area contributed by atoms with Crippen LogP contribution < -0.4 is 5.32 Å². The number of carboxylic acid groups (broad SMARTS) is 1. The Balaban J connectivity index is 2.77. The highest BCUT2D eigenvalue weighted by Gasteiger charge is 2.20. The summed E-state index contributed by atoms with van der Waals surface area (Å²) in [5.74, 6) is -2.31. The number of carboxylic acids is 1. The van der Waals surface area contributed by atoms with Crippen molar-refractivity contribution < 1.29 is 19.1 Å². The summed E-state index contributed by atoms with van der Waals surface area (Å²) in [5, 5.41) is 11.5. The zero-order valence-electron chi connectivity index (χ0n) is 11.2. The third kappa shape index (κ3) is 4.38. The number of nitrogens with one attached hydrogen (secondary N) is 1. The minimum Gasteiger partial charge on any atom is -0.481 e. The van der Waals surface area contributed by atoms with Gasteiger partial charge in [-0.1, -0.05) is 18.5 Å². The van der Waals surface area contributed by atoms with Gasteiger partial charge in [-0.05, 0) is 25.1 Å². The van der Waals surface area contributed by atoms with Crippen molar-refractivity contribution in [3.8, 4) is 0 Å². The Morgan fingerprint density at radius 3 is 2.70 bits per heavy atom. The van der Waals surface area contributed by atoms with Crippen LogP contribution in [0.2, 0.25) is 5.02 Å². The number of hydrogen-bond acceptors (Lipinski definition) is 2. The number of carbonyl (C=O) groups excluding carboxylic acids is 1. The molecule has 1 atom stereocenters. The van der Waals surface area contributed by atoms with E-state index in [4.69, 9.17) is 16.7 Å². The highest BCUT2D eigenvalue weighted by Crippen LogP contribution is 2.20. The fraction of sp³-hybridized carbons (Fsp3) is 0.385. The van der Waals surface area contributed by atoms with Gasteiger partial charge in [0.1, 0.15) is 5.82 Å². The second-order valence-corrected chi connectivity index (χ2v) is 4.77. The van der Waals surface area contributed by atoms with Crippen LogP contribution in [-0.4, -0.2) is 35.1 Å². The second-order valence-electron chi connectivity index (χ2n) is 4.33. The fourth-order valence-electron chi connectivity index (χ4n) is 1.55. The molecule has 0 saturated carbocycles. The molecule has 2 amide bonds. The first kappa shape index (κ1) is 16.2. The lowest BCUT2D eigenvalue weighted by Gasteiger charge is -2.23. The molecule has 0 fully saturated rings. The quantitative estimate of drug-likeness (QED) is 0.878. The van der Waals surface area contributed by atoms with E-state index in [0.29, 0.717) is 11.6 Å². The van der Waals surface area contributed by atoms with Crippen LogP contribution in [0.1, 0.15) is 13.8 Å².